The molecule has 2 unspecified atom stereocenters. The number of rotatable bonds is 4. The molecule has 0 radical (unpaired) electrons. The van der Waals surface area contributed by atoms with Gasteiger partial charge in [-0.25, -0.2) is 0 Å². The highest BCUT2D eigenvalue weighted by molar-refractivity contribution is 9.10. The Balaban J connectivity index is 2.67. The van der Waals surface area contributed by atoms with E-state index in [2.05, 4.69) is 48.1 Å². The molecular weight excluding hydrogens is 258 g/mol. The molecule has 0 spiro atoms. The van der Waals surface area contributed by atoms with E-state index >= 15 is 0 Å². The number of nitrogens with two attached hydrogens (primary N) is 1. The Labute approximate surface area is 98.8 Å². The van der Waals surface area contributed by atoms with Crippen LogP contribution in [0.4, 0.5) is 0 Å². The first-order chi connectivity index (χ1) is 6.45. The van der Waals surface area contributed by atoms with Crippen molar-refractivity contribution in [2.45, 2.75) is 39.2 Å². The highest BCUT2D eigenvalue weighted by atomic mass is 79.9. The predicted molar refractivity (Wildman–Crippen MR) is 67.8 cm³/mol. The van der Waals surface area contributed by atoms with Crippen LogP contribution >= 0.6 is 27.3 Å². The second kappa shape index (κ2) is 4.77. The molecule has 0 fully saturated rings. The molecule has 0 aliphatic rings. The number of thiophene rings is 1. The van der Waals surface area contributed by atoms with Gasteiger partial charge in [0.05, 0.1) is 0 Å². The van der Waals surface area contributed by atoms with Crippen molar-refractivity contribution in [2.75, 3.05) is 0 Å². The van der Waals surface area contributed by atoms with Gasteiger partial charge >= 0.3 is 0 Å². The standard InChI is InChI=1S/C11H18BrNS/c1-4-8(2)11(3,13)6-10-5-9(12)7-14-10/h5,7-8H,4,6,13H2,1-3H3. The molecule has 0 bridgehead atoms. The van der Waals surface area contributed by atoms with Crippen molar-refractivity contribution in [1.29, 1.82) is 0 Å². The van der Waals surface area contributed by atoms with Gasteiger partial charge in [0.25, 0.3) is 0 Å². The lowest BCUT2D eigenvalue weighted by molar-refractivity contribution is 0.308. The highest BCUT2D eigenvalue weighted by Gasteiger charge is 2.25. The first kappa shape index (κ1) is 12.2. The van der Waals surface area contributed by atoms with Gasteiger partial charge in [-0.3, -0.25) is 0 Å². The molecule has 1 heterocycles. The molecule has 0 amide bonds. The van der Waals surface area contributed by atoms with Crippen LogP contribution in [-0.2, 0) is 6.42 Å². The molecule has 0 aliphatic heterocycles. The van der Waals surface area contributed by atoms with Crippen LogP contribution in [0.25, 0.3) is 0 Å². The average Bonchev–Trinajstić information content (AvgIpc) is 2.48. The normalized spacial score (nSPS) is 17.8. The van der Waals surface area contributed by atoms with Crippen LogP contribution in [0, 0.1) is 5.92 Å². The monoisotopic (exact) mass is 275 g/mol. The average molecular weight is 276 g/mol. The van der Waals surface area contributed by atoms with E-state index in [1.54, 1.807) is 11.3 Å². The van der Waals surface area contributed by atoms with Gasteiger partial charge in [-0.05, 0) is 41.3 Å². The maximum absolute atomic E-state index is 6.30. The van der Waals surface area contributed by atoms with Crippen molar-refractivity contribution >= 4 is 27.3 Å². The fraction of sp³-hybridized carbons (Fsp3) is 0.636. The molecule has 1 nitrogen and oxygen atoms in total. The van der Waals surface area contributed by atoms with Crippen molar-refractivity contribution < 1.29 is 0 Å². The lowest BCUT2D eigenvalue weighted by atomic mass is 9.83. The molecule has 2 N–H and O–H groups in total. The summed E-state index contributed by atoms with van der Waals surface area (Å²) in [6.07, 6.45) is 2.11. The SMILES string of the molecule is CCC(C)C(C)(N)Cc1cc(Br)cs1. The Kier molecular flexibility index (Phi) is 4.16. The molecule has 2 atom stereocenters. The van der Waals surface area contributed by atoms with Gasteiger partial charge in [0, 0.05) is 20.3 Å². The summed E-state index contributed by atoms with van der Waals surface area (Å²) in [5, 5.41) is 2.11. The van der Waals surface area contributed by atoms with Crippen LogP contribution in [0.3, 0.4) is 0 Å². The Hall–Kier alpha value is 0.140. The number of hydrogen-bond donors (Lipinski definition) is 1. The summed E-state index contributed by atoms with van der Waals surface area (Å²) >= 11 is 5.24. The lowest BCUT2D eigenvalue weighted by Gasteiger charge is -2.30. The third-order valence-corrected chi connectivity index (χ3v) is 4.61. The van der Waals surface area contributed by atoms with Gasteiger partial charge in [0.1, 0.15) is 0 Å². The summed E-state index contributed by atoms with van der Waals surface area (Å²) in [5.41, 5.74) is 6.22. The maximum atomic E-state index is 6.30. The molecule has 1 aromatic heterocycles. The van der Waals surface area contributed by atoms with E-state index in [-0.39, 0.29) is 5.54 Å². The third-order valence-electron chi connectivity index (χ3n) is 2.92. The zero-order valence-corrected chi connectivity index (χ0v) is 11.4. The Bertz CT molecular complexity index is 293. The minimum absolute atomic E-state index is 0.0843. The van der Waals surface area contributed by atoms with Crippen molar-refractivity contribution in [3.05, 3.63) is 20.8 Å². The fourth-order valence-electron chi connectivity index (χ4n) is 1.46. The quantitative estimate of drug-likeness (QED) is 0.889. The largest absolute Gasteiger partial charge is 0.325 e. The van der Waals surface area contributed by atoms with Crippen molar-refractivity contribution in [3.63, 3.8) is 0 Å². The third kappa shape index (κ3) is 3.07. The van der Waals surface area contributed by atoms with E-state index in [9.17, 15) is 0 Å². The topological polar surface area (TPSA) is 26.0 Å². The number of halogens is 1. The van der Waals surface area contributed by atoms with Gasteiger partial charge in [0.15, 0.2) is 0 Å². The summed E-state index contributed by atoms with van der Waals surface area (Å²) in [7, 11) is 0. The van der Waals surface area contributed by atoms with Crippen LogP contribution in [0.5, 0.6) is 0 Å². The Morgan fingerprint density at radius 2 is 2.29 bits per heavy atom. The molecule has 1 aromatic rings. The van der Waals surface area contributed by atoms with Crippen LogP contribution in [0.15, 0.2) is 15.9 Å². The molecule has 0 aliphatic carbocycles. The summed E-state index contributed by atoms with van der Waals surface area (Å²) in [5.74, 6) is 0.559. The van der Waals surface area contributed by atoms with Crippen LogP contribution in [0.2, 0.25) is 0 Å². The zero-order valence-electron chi connectivity index (χ0n) is 9.01. The Morgan fingerprint density at radius 3 is 2.71 bits per heavy atom. The molecule has 1 rings (SSSR count). The van der Waals surface area contributed by atoms with Gasteiger partial charge in [-0.1, -0.05) is 20.3 Å². The van der Waals surface area contributed by atoms with E-state index in [0.29, 0.717) is 5.92 Å². The fourth-order valence-corrected chi connectivity index (χ4v) is 3.09. The van der Waals surface area contributed by atoms with Gasteiger partial charge < -0.3 is 5.73 Å². The molecule has 80 valence electrons. The highest BCUT2D eigenvalue weighted by Crippen LogP contribution is 2.27. The van der Waals surface area contributed by atoms with Crippen LogP contribution < -0.4 is 5.73 Å². The van der Waals surface area contributed by atoms with E-state index < -0.39 is 0 Å². The minimum atomic E-state index is -0.0843. The smallest absolute Gasteiger partial charge is 0.0285 e. The Morgan fingerprint density at radius 1 is 1.64 bits per heavy atom. The summed E-state index contributed by atoms with van der Waals surface area (Å²) in [6, 6.07) is 2.16. The van der Waals surface area contributed by atoms with Crippen molar-refractivity contribution in [2.24, 2.45) is 11.7 Å². The molecule has 0 saturated carbocycles. The first-order valence-electron chi connectivity index (χ1n) is 4.97. The van der Waals surface area contributed by atoms with E-state index in [4.69, 9.17) is 5.73 Å². The van der Waals surface area contributed by atoms with Gasteiger partial charge in [0.2, 0.25) is 0 Å². The maximum Gasteiger partial charge on any atom is 0.0285 e. The summed E-state index contributed by atoms with van der Waals surface area (Å²) in [4.78, 5) is 1.36. The van der Waals surface area contributed by atoms with Crippen LogP contribution in [-0.4, -0.2) is 5.54 Å². The van der Waals surface area contributed by atoms with E-state index in [1.807, 2.05) is 0 Å². The summed E-state index contributed by atoms with van der Waals surface area (Å²) < 4.78 is 1.16. The summed E-state index contributed by atoms with van der Waals surface area (Å²) in [6.45, 7) is 6.57. The number of hydrogen-bond acceptors (Lipinski definition) is 2. The van der Waals surface area contributed by atoms with Gasteiger partial charge in [-0.2, -0.15) is 0 Å². The molecule has 0 saturated heterocycles. The zero-order chi connectivity index (χ0) is 10.8. The molecule has 3 heteroatoms. The van der Waals surface area contributed by atoms with Crippen molar-refractivity contribution in [3.8, 4) is 0 Å². The second-order valence-electron chi connectivity index (χ2n) is 4.22. The van der Waals surface area contributed by atoms with E-state index in [0.717, 1.165) is 17.3 Å². The minimum Gasteiger partial charge on any atom is -0.325 e. The van der Waals surface area contributed by atoms with E-state index in [1.165, 1.54) is 4.88 Å². The van der Waals surface area contributed by atoms with Crippen LogP contribution in [0.1, 0.15) is 32.1 Å². The first-order valence-corrected chi connectivity index (χ1v) is 6.64. The molecular formula is C11H18BrNS. The lowest BCUT2D eigenvalue weighted by Crippen LogP contribution is -2.44. The molecule has 0 aromatic carbocycles. The second-order valence-corrected chi connectivity index (χ2v) is 6.13. The van der Waals surface area contributed by atoms with Crippen molar-refractivity contribution in [1.82, 2.24) is 0 Å². The van der Waals surface area contributed by atoms with Gasteiger partial charge in [-0.15, -0.1) is 11.3 Å². The molecule has 14 heavy (non-hydrogen) atoms. The predicted octanol–water partition coefficient (Wildman–Crippen LogP) is 3.82.